The van der Waals surface area contributed by atoms with E-state index in [0.717, 1.165) is 5.39 Å². The van der Waals surface area contributed by atoms with E-state index in [1.54, 1.807) is 0 Å². The summed E-state index contributed by atoms with van der Waals surface area (Å²) in [6.45, 7) is 0. The molecule has 0 aromatic heterocycles. The second-order valence-corrected chi connectivity index (χ2v) is 10.2. The largest absolute Gasteiger partial charge is 0.358 e. The van der Waals surface area contributed by atoms with Crippen LogP contribution < -0.4 is 10.6 Å². The molecule has 0 amide bonds. The average molecular weight is 622 g/mol. The smallest absolute Gasteiger partial charge is 0 e. The summed E-state index contributed by atoms with van der Waals surface area (Å²) in [6.07, 6.45) is 0. The molecule has 0 aliphatic heterocycles. The minimum Gasteiger partial charge on any atom is -0.358 e. The van der Waals surface area contributed by atoms with Gasteiger partial charge in [-0.15, -0.1) is 23.1 Å². The number of fused-ring (bicyclic) bond motifs is 4. The van der Waals surface area contributed by atoms with Crippen molar-refractivity contribution >= 4 is 51.5 Å². The molecule has 0 nitrogen and oxygen atoms in total. The maximum absolute atomic E-state index is 3.81. The molecule has 7 aromatic rings. The second kappa shape index (κ2) is 14.7. The van der Waals surface area contributed by atoms with Crippen LogP contribution in [0.1, 0.15) is 0 Å². The second-order valence-electron chi connectivity index (χ2n) is 8.87. The summed E-state index contributed by atoms with van der Waals surface area (Å²) in [5.41, 5.74) is 2.51. The monoisotopic (exact) mass is 621 g/mol. The Morgan fingerprint density at radius 2 is 1.05 bits per heavy atom. The predicted molar refractivity (Wildman–Crippen MR) is 175 cm³/mol. The van der Waals surface area contributed by atoms with E-state index >= 15 is 0 Å². The zero-order valence-electron chi connectivity index (χ0n) is 22.7. The molecule has 0 saturated carbocycles. The van der Waals surface area contributed by atoms with Gasteiger partial charge in [-0.25, -0.2) is 0 Å². The molecule has 0 N–H and O–H groups in total. The first kappa shape index (κ1) is 30.9. The van der Waals surface area contributed by atoms with Crippen LogP contribution in [0.25, 0.3) is 43.4 Å². The van der Waals surface area contributed by atoms with Gasteiger partial charge < -0.3 is 14.9 Å². The maximum atomic E-state index is 3.81. The molecule has 1 atom stereocenters. The number of rotatable bonds is 3. The molecular formula is C38H31PRh-4. The maximum Gasteiger partial charge on any atom is 0 e. The minimum atomic E-state index is 0. The van der Waals surface area contributed by atoms with Gasteiger partial charge in [-0.2, -0.15) is 36.4 Å². The molecule has 2 heteroatoms. The van der Waals surface area contributed by atoms with Crippen molar-refractivity contribution in [3.63, 3.8) is 0 Å². The Hall–Kier alpha value is -3.63. The molecular weight excluding hydrogens is 590 g/mol. The van der Waals surface area contributed by atoms with Crippen molar-refractivity contribution in [2.45, 2.75) is 0 Å². The number of benzene rings is 7. The summed E-state index contributed by atoms with van der Waals surface area (Å²) in [6, 6.07) is 57.7. The van der Waals surface area contributed by atoms with E-state index < -0.39 is 0 Å². The molecule has 201 valence electrons. The topological polar surface area (TPSA) is 0 Å². The van der Waals surface area contributed by atoms with Gasteiger partial charge >= 0.3 is 0 Å². The molecule has 0 aliphatic carbocycles. The van der Waals surface area contributed by atoms with Gasteiger partial charge in [0.2, 0.25) is 0 Å². The standard InChI is InChI=1S/C30H20P.C6H5.2CH3.Rh/c1-2-12-23(13-3-1)31-29-19-18-21-10-4-7-15-25(21)30(29)28-20-22-11-5-6-14-24(22)26-16-8-9-17-27(26)28;1-2-4-6-5-3-1;;;/h1-19,31H;1-5H;2*1H3;/q4*-1;. The van der Waals surface area contributed by atoms with E-state index in [1.807, 2.05) is 30.3 Å². The Kier molecular flexibility index (Phi) is 11.3. The van der Waals surface area contributed by atoms with E-state index in [-0.39, 0.29) is 34.3 Å². The molecule has 0 aliphatic rings. The van der Waals surface area contributed by atoms with Gasteiger partial charge in [-0.05, 0) is 21.4 Å². The first-order chi connectivity index (χ1) is 18.4. The van der Waals surface area contributed by atoms with Gasteiger partial charge in [-0.3, -0.25) is 0 Å². The van der Waals surface area contributed by atoms with E-state index in [1.165, 1.54) is 48.7 Å². The fourth-order valence-electron chi connectivity index (χ4n) is 4.83. The van der Waals surface area contributed by atoms with Gasteiger partial charge in [0.25, 0.3) is 0 Å². The zero-order valence-corrected chi connectivity index (χ0v) is 25.3. The molecule has 7 aromatic carbocycles. The molecule has 1 unspecified atom stereocenters. The van der Waals surface area contributed by atoms with Crippen LogP contribution in [-0.4, -0.2) is 0 Å². The Balaban J connectivity index is 0.000000439. The first-order valence-electron chi connectivity index (χ1n) is 12.5. The van der Waals surface area contributed by atoms with E-state index in [9.17, 15) is 0 Å². The first-order valence-corrected chi connectivity index (χ1v) is 13.5. The zero-order chi connectivity index (χ0) is 24.9. The van der Waals surface area contributed by atoms with Gasteiger partial charge in [0.1, 0.15) is 0 Å². The quantitative estimate of drug-likeness (QED) is 0.0798. The van der Waals surface area contributed by atoms with Crippen LogP contribution in [-0.2, 0) is 19.5 Å². The normalized spacial score (nSPS) is 10.3. The Bertz CT molecular complexity index is 1770. The van der Waals surface area contributed by atoms with Gasteiger partial charge in [0.05, 0.1) is 0 Å². The molecule has 0 heterocycles. The van der Waals surface area contributed by atoms with Crippen LogP contribution in [0.3, 0.4) is 0 Å². The van der Waals surface area contributed by atoms with Crippen LogP contribution in [0, 0.1) is 27.0 Å². The van der Waals surface area contributed by atoms with E-state index in [0.29, 0.717) is 8.58 Å². The predicted octanol–water partition coefficient (Wildman–Crippen LogP) is 9.63. The SMILES string of the molecule is [CH3-].[CH3-].[Rh].[c-]1c(-c2c(Pc3ccccc3)ccc3ccccc23)c2ccccc2c2ccccc12.[c-]1ccccc1. The molecule has 0 fully saturated rings. The van der Waals surface area contributed by atoms with E-state index in [2.05, 4.69) is 127 Å². The molecule has 1 radical (unpaired) electrons. The van der Waals surface area contributed by atoms with Crippen molar-refractivity contribution in [1.29, 1.82) is 0 Å². The molecule has 0 bridgehead atoms. The summed E-state index contributed by atoms with van der Waals surface area (Å²) in [7, 11) is 0.592. The van der Waals surface area contributed by atoms with Gasteiger partial charge in [0, 0.05) is 19.5 Å². The minimum absolute atomic E-state index is 0. The number of hydrogen-bond acceptors (Lipinski definition) is 0. The molecule has 0 saturated heterocycles. The summed E-state index contributed by atoms with van der Waals surface area (Å²) >= 11 is 0. The fourth-order valence-corrected chi connectivity index (χ4v) is 6.05. The fraction of sp³-hybridized carbons (Fsp3) is 0. The molecule has 0 spiro atoms. The number of hydrogen-bond donors (Lipinski definition) is 0. The average Bonchev–Trinajstić information content (AvgIpc) is 2.98. The third-order valence-electron chi connectivity index (χ3n) is 6.51. The van der Waals surface area contributed by atoms with Gasteiger partial charge in [-0.1, -0.05) is 139 Å². The van der Waals surface area contributed by atoms with Crippen molar-refractivity contribution in [3.8, 4) is 11.1 Å². The van der Waals surface area contributed by atoms with Gasteiger partial charge in [0.15, 0.2) is 0 Å². The Morgan fingerprint density at radius 1 is 0.475 bits per heavy atom. The van der Waals surface area contributed by atoms with E-state index in [4.69, 9.17) is 0 Å². The van der Waals surface area contributed by atoms with Crippen molar-refractivity contribution in [3.05, 3.63) is 173 Å². The summed E-state index contributed by atoms with van der Waals surface area (Å²) in [5.74, 6) is 0. The van der Waals surface area contributed by atoms with Crippen LogP contribution in [0.4, 0.5) is 0 Å². The van der Waals surface area contributed by atoms with Crippen LogP contribution in [0.15, 0.2) is 146 Å². The molecule has 40 heavy (non-hydrogen) atoms. The summed E-state index contributed by atoms with van der Waals surface area (Å²) in [4.78, 5) is 0. The van der Waals surface area contributed by atoms with Crippen molar-refractivity contribution in [2.75, 3.05) is 0 Å². The summed E-state index contributed by atoms with van der Waals surface area (Å²) in [5, 5.41) is 10.2. The Morgan fingerprint density at radius 3 is 1.73 bits per heavy atom. The molecule has 7 rings (SSSR count). The van der Waals surface area contributed by atoms with Crippen LogP contribution in [0.2, 0.25) is 0 Å². The Labute approximate surface area is 253 Å². The third kappa shape index (κ3) is 6.56. The van der Waals surface area contributed by atoms with Crippen LogP contribution >= 0.6 is 8.58 Å². The van der Waals surface area contributed by atoms with Crippen LogP contribution in [0.5, 0.6) is 0 Å². The third-order valence-corrected chi connectivity index (χ3v) is 7.82. The van der Waals surface area contributed by atoms with Crippen molar-refractivity contribution < 1.29 is 19.5 Å². The van der Waals surface area contributed by atoms with Crippen molar-refractivity contribution in [1.82, 2.24) is 0 Å². The summed E-state index contributed by atoms with van der Waals surface area (Å²) < 4.78 is 0. The van der Waals surface area contributed by atoms with Crippen molar-refractivity contribution in [2.24, 2.45) is 0 Å².